The number of amides is 1. The van der Waals surface area contributed by atoms with Crippen LogP contribution in [0.15, 0.2) is 36.5 Å². The monoisotopic (exact) mass is 271 g/mol. The summed E-state index contributed by atoms with van der Waals surface area (Å²) in [5.41, 5.74) is 2.19. The van der Waals surface area contributed by atoms with E-state index in [0.29, 0.717) is 11.4 Å². The highest BCUT2D eigenvalue weighted by atomic mass is 16.5. The van der Waals surface area contributed by atoms with Crippen LogP contribution in [-0.4, -0.2) is 25.0 Å². The van der Waals surface area contributed by atoms with E-state index in [9.17, 15) is 4.79 Å². The average molecular weight is 271 g/mol. The Morgan fingerprint density at radius 3 is 2.75 bits per heavy atom. The number of hydrogen-bond donors (Lipinski definition) is 2. The Kier molecular flexibility index (Phi) is 4.20. The maximum atomic E-state index is 12.2. The molecule has 0 radical (unpaired) electrons. The van der Waals surface area contributed by atoms with Crippen molar-refractivity contribution in [3.63, 3.8) is 0 Å². The Labute approximate surface area is 118 Å². The molecule has 0 aliphatic heterocycles. The van der Waals surface area contributed by atoms with Gasteiger partial charge in [0.2, 0.25) is 0 Å². The van der Waals surface area contributed by atoms with Crippen LogP contribution in [-0.2, 0) is 0 Å². The van der Waals surface area contributed by atoms with Crippen LogP contribution in [0.25, 0.3) is 0 Å². The van der Waals surface area contributed by atoms with E-state index in [-0.39, 0.29) is 5.91 Å². The van der Waals surface area contributed by atoms with Crippen molar-refractivity contribution in [3.05, 3.63) is 47.7 Å². The average Bonchev–Trinajstić information content (AvgIpc) is 2.47. The number of nitrogens with zero attached hydrogens (tertiary/aromatic N) is 1. The van der Waals surface area contributed by atoms with Gasteiger partial charge < -0.3 is 15.4 Å². The van der Waals surface area contributed by atoms with E-state index in [2.05, 4.69) is 15.6 Å². The molecule has 1 aromatic carbocycles. The van der Waals surface area contributed by atoms with E-state index in [4.69, 9.17) is 4.74 Å². The smallest absolute Gasteiger partial charge is 0.259 e. The number of carbonyl (C=O) groups is 1. The summed E-state index contributed by atoms with van der Waals surface area (Å²) < 4.78 is 5.19. The normalized spacial score (nSPS) is 9.95. The van der Waals surface area contributed by atoms with E-state index in [1.165, 1.54) is 0 Å². The number of anilines is 2. The van der Waals surface area contributed by atoms with Gasteiger partial charge in [-0.3, -0.25) is 4.79 Å². The van der Waals surface area contributed by atoms with Gasteiger partial charge in [-0.1, -0.05) is 0 Å². The van der Waals surface area contributed by atoms with Crippen LogP contribution in [0.1, 0.15) is 15.9 Å². The fourth-order valence-corrected chi connectivity index (χ4v) is 1.94. The lowest BCUT2D eigenvalue weighted by Crippen LogP contribution is -2.14. The van der Waals surface area contributed by atoms with Gasteiger partial charge in [0.25, 0.3) is 5.91 Å². The van der Waals surface area contributed by atoms with Gasteiger partial charge in [0, 0.05) is 18.9 Å². The van der Waals surface area contributed by atoms with Crippen molar-refractivity contribution < 1.29 is 9.53 Å². The zero-order chi connectivity index (χ0) is 14.5. The molecule has 0 unspecified atom stereocenters. The van der Waals surface area contributed by atoms with Crippen LogP contribution in [0.4, 0.5) is 11.5 Å². The standard InChI is InChI=1S/C15H17N3O2/c1-10-9-11(6-7-13(10)20-3)18-15(19)12-5-4-8-17-14(12)16-2/h4-9H,1-3H3,(H,16,17)(H,18,19). The number of carbonyl (C=O) groups excluding carboxylic acids is 1. The van der Waals surface area contributed by atoms with E-state index in [1.54, 1.807) is 38.6 Å². The molecule has 0 atom stereocenters. The Balaban J connectivity index is 2.21. The number of aryl methyl sites for hydroxylation is 1. The molecule has 2 aromatic rings. The Morgan fingerprint density at radius 1 is 1.30 bits per heavy atom. The first kappa shape index (κ1) is 13.9. The number of pyridine rings is 1. The molecule has 2 rings (SSSR count). The van der Waals surface area contributed by atoms with Crippen molar-refractivity contribution in [2.75, 3.05) is 24.8 Å². The zero-order valence-corrected chi connectivity index (χ0v) is 11.7. The topological polar surface area (TPSA) is 63.2 Å². The third-order valence-electron chi connectivity index (χ3n) is 2.94. The van der Waals surface area contributed by atoms with Crippen molar-refractivity contribution in [1.82, 2.24) is 4.98 Å². The van der Waals surface area contributed by atoms with Gasteiger partial charge in [0.05, 0.1) is 12.7 Å². The molecule has 0 saturated carbocycles. The number of nitrogens with one attached hydrogen (secondary N) is 2. The minimum Gasteiger partial charge on any atom is -0.496 e. The number of hydrogen-bond acceptors (Lipinski definition) is 4. The zero-order valence-electron chi connectivity index (χ0n) is 11.7. The van der Waals surface area contributed by atoms with Crippen LogP contribution in [0.3, 0.4) is 0 Å². The Hall–Kier alpha value is -2.56. The van der Waals surface area contributed by atoms with Crippen LogP contribution in [0, 0.1) is 6.92 Å². The summed E-state index contributed by atoms with van der Waals surface area (Å²) in [5.74, 6) is 1.14. The number of rotatable bonds is 4. The summed E-state index contributed by atoms with van der Waals surface area (Å²) >= 11 is 0. The Bertz CT molecular complexity index is 626. The van der Waals surface area contributed by atoms with E-state index < -0.39 is 0 Å². The molecule has 0 spiro atoms. The fraction of sp³-hybridized carbons (Fsp3) is 0.200. The largest absolute Gasteiger partial charge is 0.496 e. The molecule has 5 heteroatoms. The van der Waals surface area contributed by atoms with E-state index in [1.807, 2.05) is 19.1 Å². The first-order chi connectivity index (χ1) is 9.65. The fourth-order valence-electron chi connectivity index (χ4n) is 1.94. The van der Waals surface area contributed by atoms with Crippen molar-refractivity contribution in [2.24, 2.45) is 0 Å². The molecule has 5 nitrogen and oxygen atoms in total. The predicted octanol–water partition coefficient (Wildman–Crippen LogP) is 2.69. The number of benzene rings is 1. The summed E-state index contributed by atoms with van der Waals surface area (Å²) in [7, 11) is 3.35. The molecule has 1 heterocycles. The van der Waals surface area contributed by atoms with Crippen LogP contribution < -0.4 is 15.4 Å². The second-order valence-electron chi connectivity index (χ2n) is 4.29. The van der Waals surface area contributed by atoms with Gasteiger partial charge in [-0.05, 0) is 42.8 Å². The summed E-state index contributed by atoms with van der Waals surface area (Å²) in [6, 6.07) is 8.96. The highest BCUT2D eigenvalue weighted by molar-refractivity contribution is 6.07. The molecular formula is C15H17N3O2. The third-order valence-corrected chi connectivity index (χ3v) is 2.94. The highest BCUT2D eigenvalue weighted by Crippen LogP contribution is 2.22. The summed E-state index contributed by atoms with van der Waals surface area (Å²) in [4.78, 5) is 16.4. The van der Waals surface area contributed by atoms with Crippen molar-refractivity contribution in [3.8, 4) is 5.75 Å². The first-order valence-electron chi connectivity index (χ1n) is 6.24. The van der Waals surface area contributed by atoms with Gasteiger partial charge in [-0.25, -0.2) is 4.98 Å². The molecule has 1 amide bonds. The van der Waals surface area contributed by atoms with Crippen LogP contribution in [0.5, 0.6) is 5.75 Å². The molecule has 104 valence electrons. The highest BCUT2D eigenvalue weighted by Gasteiger charge is 2.11. The van der Waals surface area contributed by atoms with Crippen LogP contribution in [0.2, 0.25) is 0 Å². The molecule has 1 aromatic heterocycles. The third kappa shape index (κ3) is 2.88. The molecule has 20 heavy (non-hydrogen) atoms. The summed E-state index contributed by atoms with van der Waals surface area (Å²) in [6.45, 7) is 1.93. The van der Waals surface area contributed by atoms with Gasteiger partial charge >= 0.3 is 0 Å². The predicted molar refractivity (Wildman–Crippen MR) is 79.5 cm³/mol. The summed E-state index contributed by atoms with van der Waals surface area (Å²) in [6.07, 6.45) is 1.64. The van der Waals surface area contributed by atoms with Crippen molar-refractivity contribution in [2.45, 2.75) is 6.92 Å². The van der Waals surface area contributed by atoms with Gasteiger partial charge in [0.15, 0.2) is 0 Å². The molecule has 0 saturated heterocycles. The van der Waals surface area contributed by atoms with E-state index >= 15 is 0 Å². The molecule has 0 bridgehead atoms. The van der Waals surface area contributed by atoms with E-state index in [0.717, 1.165) is 17.0 Å². The minimum absolute atomic E-state index is 0.202. The SMILES string of the molecule is CNc1ncccc1C(=O)Nc1ccc(OC)c(C)c1. The van der Waals surface area contributed by atoms with Gasteiger partial charge in [-0.15, -0.1) is 0 Å². The molecule has 0 fully saturated rings. The number of ether oxygens (including phenoxy) is 1. The van der Waals surface area contributed by atoms with Crippen molar-refractivity contribution >= 4 is 17.4 Å². The quantitative estimate of drug-likeness (QED) is 0.897. The van der Waals surface area contributed by atoms with Gasteiger partial charge in [-0.2, -0.15) is 0 Å². The second kappa shape index (κ2) is 6.06. The summed E-state index contributed by atoms with van der Waals surface area (Å²) in [5, 5.41) is 5.75. The van der Waals surface area contributed by atoms with Crippen LogP contribution >= 0.6 is 0 Å². The maximum absolute atomic E-state index is 12.2. The lowest BCUT2D eigenvalue weighted by molar-refractivity contribution is 0.102. The van der Waals surface area contributed by atoms with Crippen molar-refractivity contribution in [1.29, 1.82) is 0 Å². The lowest BCUT2D eigenvalue weighted by atomic mass is 10.2. The first-order valence-corrected chi connectivity index (χ1v) is 6.24. The lowest BCUT2D eigenvalue weighted by Gasteiger charge is -2.10. The molecule has 0 aliphatic carbocycles. The number of methoxy groups -OCH3 is 1. The molecule has 2 N–H and O–H groups in total. The Morgan fingerprint density at radius 2 is 2.10 bits per heavy atom. The number of aromatic nitrogens is 1. The second-order valence-corrected chi connectivity index (χ2v) is 4.29. The molecular weight excluding hydrogens is 254 g/mol. The maximum Gasteiger partial charge on any atom is 0.259 e. The molecule has 0 aliphatic rings. The van der Waals surface area contributed by atoms with Gasteiger partial charge in [0.1, 0.15) is 11.6 Å². The minimum atomic E-state index is -0.202.